The van der Waals surface area contributed by atoms with E-state index in [1.807, 2.05) is 67.3 Å². The smallest absolute Gasteiger partial charge is 0.263 e. The van der Waals surface area contributed by atoms with Crippen LogP contribution in [0, 0.1) is 0 Å². The number of amides is 1. The maximum atomic E-state index is 13.5. The predicted molar refractivity (Wildman–Crippen MR) is 147 cm³/mol. The fraction of sp³-hybridized carbons (Fsp3) is 0.207. The van der Waals surface area contributed by atoms with E-state index in [0.717, 1.165) is 46.1 Å². The summed E-state index contributed by atoms with van der Waals surface area (Å²) in [6.07, 6.45) is 9.04. The zero-order valence-electron chi connectivity index (χ0n) is 21.1. The number of aryl methyl sites for hydroxylation is 1. The molecule has 4 aromatic heterocycles. The highest BCUT2D eigenvalue weighted by Crippen LogP contribution is 2.40. The molecule has 6 rings (SSSR count). The molecule has 9 nitrogen and oxygen atoms in total. The van der Waals surface area contributed by atoms with Crippen molar-refractivity contribution in [3.05, 3.63) is 100 Å². The van der Waals surface area contributed by atoms with Gasteiger partial charge in [0.2, 0.25) is 0 Å². The van der Waals surface area contributed by atoms with Gasteiger partial charge in [0.25, 0.3) is 11.5 Å². The van der Waals surface area contributed by atoms with Crippen LogP contribution in [0.2, 0.25) is 0 Å². The molecule has 1 aliphatic carbocycles. The van der Waals surface area contributed by atoms with Crippen molar-refractivity contribution in [3.8, 4) is 11.1 Å². The molecule has 3 N–H and O–H groups in total. The van der Waals surface area contributed by atoms with Crippen molar-refractivity contribution in [2.24, 2.45) is 7.05 Å². The van der Waals surface area contributed by atoms with Gasteiger partial charge in [0.05, 0.1) is 11.4 Å². The van der Waals surface area contributed by atoms with Gasteiger partial charge in [0, 0.05) is 36.8 Å². The number of carbonyl (C=O) groups excluding carboxylic acids is 1. The maximum Gasteiger partial charge on any atom is 0.263 e. The Kier molecular flexibility index (Phi) is 5.75. The first-order valence-electron chi connectivity index (χ1n) is 12.5. The van der Waals surface area contributed by atoms with E-state index in [-0.39, 0.29) is 17.2 Å². The minimum absolute atomic E-state index is 0.113. The molecule has 1 atom stereocenters. The average molecular weight is 506 g/mol. The van der Waals surface area contributed by atoms with Crippen LogP contribution < -0.4 is 16.6 Å². The van der Waals surface area contributed by atoms with Gasteiger partial charge < -0.3 is 20.2 Å². The van der Waals surface area contributed by atoms with Crippen LogP contribution in [0.25, 0.3) is 22.2 Å². The summed E-state index contributed by atoms with van der Waals surface area (Å²) in [6.45, 7) is 1.97. The van der Waals surface area contributed by atoms with Crippen LogP contribution in [-0.2, 0) is 7.05 Å². The summed E-state index contributed by atoms with van der Waals surface area (Å²) in [5.41, 5.74) is 10.3. The Morgan fingerprint density at radius 2 is 1.87 bits per heavy atom. The summed E-state index contributed by atoms with van der Waals surface area (Å²) in [5, 5.41) is 3.55. The monoisotopic (exact) mass is 505 g/mol. The molecule has 0 radical (unpaired) electrons. The number of rotatable bonds is 6. The van der Waals surface area contributed by atoms with Gasteiger partial charge in [0.15, 0.2) is 0 Å². The largest absolute Gasteiger partial charge is 0.383 e. The second-order valence-electron chi connectivity index (χ2n) is 9.76. The van der Waals surface area contributed by atoms with Gasteiger partial charge in [-0.05, 0) is 55.0 Å². The third-order valence-corrected chi connectivity index (χ3v) is 7.16. The van der Waals surface area contributed by atoms with Crippen LogP contribution in [0.1, 0.15) is 53.2 Å². The number of fused-ring (bicyclic) bond motifs is 1. The van der Waals surface area contributed by atoms with E-state index in [1.54, 1.807) is 22.9 Å². The normalized spacial score (nSPS) is 13.9. The number of benzene rings is 1. The molecule has 38 heavy (non-hydrogen) atoms. The summed E-state index contributed by atoms with van der Waals surface area (Å²) in [5.74, 6) is 0.641. The number of nitrogens with zero attached hydrogens (tertiary/aromatic N) is 5. The molecule has 1 aliphatic rings. The molecule has 0 bridgehead atoms. The van der Waals surface area contributed by atoms with Crippen molar-refractivity contribution in [1.29, 1.82) is 0 Å². The molecule has 5 aromatic rings. The minimum atomic E-state index is -0.477. The lowest BCUT2D eigenvalue weighted by atomic mass is 10.1. The van der Waals surface area contributed by atoms with Gasteiger partial charge in [-0.2, -0.15) is 0 Å². The number of nitrogen functional groups attached to an aromatic ring is 1. The SMILES string of the molecule is C[C@@H](c1ccccc1)n1cc(C2CC2)cc(C(=O)Nc2ccc(-c3cn(C)c4ncnc(N)c34)cn2)c1=O. The quantitative estimate of drug-likeness (QED) is 0.350. The Hall–Kier alpha value is -4.79. The van der Waals surface area contributed by atoms with Crippen LogP contribution in [0.4, 0.5) is 11.6 Å². The van der Waals surface area contributed by atoms with E-state index in [4.69, 9.17) is 5.73 Å². The second kappa shape index (κ2) is 9.26. The second-order valence-corrected chi connectivity index (χ2v) is 9.76. The Bertz CT molecular complexity index is 1720. The molecule has 9 heteroatoms. The molecule has 1 fully saturated rings. The first-order valence-corrected chi connectivity index (χ1v) is 12.5. The lowest BCUT2D eigenvalue weighted by Gasteiger charge is -2.18. The van der Waals surface area contributed by atoms with Gasteiger partial charge in [-0.3, -0.25) is 9.59 Å². The number of hydrogen-bond acceptors (Lipinski definition) is 6. The first-order chi connectivity index (χ1) is 18.4. The number of aromatic nitrogens is 5. The molecule has 1 amide bonds. The van der Waals surface area contributed by atoms with Gasteiger partial charge in [-0.25, -0.2) is 15.0 Å². The van der Waals surface area contributed by atoms with E-state index in [1.165, 1.54) is 6.33 Å². The number of carbonyl (C=O) groups is 1. The molecule has 0 aliphatic heterocycles. The van der Waals surface area contributed by atoms with E-state index < -0.39 is 5.91 Å². The molecule has 0 saturated heterocycles. The van der Waals surface area contributed by atoms with Gasteiger partial charge in [0.1, 0.15) is 29.2 Å². The minimum Gasteiger partial charge on any atom is -0.383 e. The van der Waals surface area contributed by atoms with Crippen LogP contribution >= 0.6 is 0 Å². The fourth-order valence-electron chi connectivity index (χ4n) is 4.87. The summed E-state index contributed by atoms with van der Waals surface area (Å²) in [7, 11) is 1.89. The number of hydrogen-bond donors (Lipinski definition) is 2. The van der Waals surface area contributed by atoms with Crippen molar-refractivity contribution >= 4 is 28.6 Å². The molecular formula is C29H27N7O2. The highest BCUT2D eigenvalue weighted by molar-refractivity contribution is 6.04. The van der Waals surface area contributed by atoms with Crippen molar-refractivity contribution in [2.75, 3.05) is 11.1 Å². The van der Waals surface area contributed by atoms with Gasteiger partial charge in [-0.1, -0.05) is 30.3 Å². The highest BCUT2D eigenvalue weighted by atomic mass is 16.2. The van der Waals surface area contributed by atoms with E-state index in [2.05, 4.69) is 20.3 Å². The van der Waals surface area contributed by atoms with Crippen molar-refractivity contribution in [2.45, 2.75) is 31.7 Å². The topological polar surface area (TPSA) is 121 Å². The van der Waals surface area contributed by atoms with Crippen LogP contribution in [0.15, 0.2) is 78.2 Å². The van der Waals surface area contributed by atoms with E-state index >= 15 is 0 Å². The Balaban J connectivity index is 1.30. The van der Waals surface area contributed by atoms with Crippen molar-refractivity contribution in [3.63, 3.8) is 0 Å². The first kappa shape index (κ1) is 23.6. The Morgan fingerprint density at radius 3 is 2.58 bits per heavy atom. The molecule has 190 valence electrons. The number of anilines is 2. The summed E-state index contributed by atoms with van der Waals surface area (Å²) >= 11 is 0. The number of nitrogens with one attached hydrogen (secondary N) is 1. The average Bonchev–Trinajstić information content (AvgIpc) is 3.73. The third kappa shape index (κ3) is 4.21. The maximum absolute atomic E-state index is 13.5. The van der Waals surface area contributed by atoms with E-state index in [0.29, 0.717) is 17.6 Å². The molecule has 1 saturated carbocycles. The zero-order valence-corrected chi connectivity index (χ0v) is 21.1. The van der Waals surface area contributed by atoms with Gasteiger partial charge >= 0.3 is 0 Å². The highest BCUT2D eigenvalue weighted by Gasteiger charge is 2.27. The van der Waals surface area contributed by atoms with Crippen molar-refractivity contribution < 1.29 is 4.79 Å². The predicted octanol–water partition coefficient (Wildman–Crippen LogP) is 4.51. The Labute approximate surface area is 219 Å². The third-order valence-electron chi connectivity index (χ3n) is 7.16. The van der Waals surface area contributed by atoms with Gasteiger partial charge in [-0.15, -0.1) is 0 Å². The van der Waals surface area contributed by atoms with Crippen LogP contribution in [0.3, 0.4) is 0 Å². The van der Waals surface area contributed by atoms with Crippen molar-refractivity contribution in [1.82, 2.24) is 24.1 Å². The standard InChI is InChI=1S/C29H27N7O2/c1-17(18-6-4-3-5-7-18)36-14-21(19-8-9-19)12-22(29(36)38)28(37)34-24-11-10-20(13-31-24)23-15-35(2)27-25(23)26(30)32-16-33-27/h3-7,10-17,19H,8-9H2,1-2H3,(H2,30,32,33)(H,31,34,37)/t17-/m0/s1. The number of pyridine rings is 2. The summed E-state index contributed by atoms with van der Waals surface area (Å²) < 4.78 is 3.55. The molecule has 0 unspecified atom stereocenters. The molecule has 4 heterocycles. The van der Waals surface area contributed by atoms with Crippen LogP contribution in [0.5, 0.6) is 0 Å². The fourth-order valence-corrected chi connectivity index (χ4v) is 4.87. The lowest BCUT2D eigenvalue weighted by Crippen LogP contribution is -2.31. The lowest BCUT2D eigenvalue weighted by molar-refractivity contribution is 0.102. The molecule has 1 aromatic carbocycles. The Morgan fingerprint density at radius 1 is 1.08 bits per heavy atom. The van der Waals surface area contributed by atoms with Crippen LogP contribution in [-0.4, -0.2) is 30.0 Å². The van der Waals surface area contributed by atoms with E-state index in [9.17, 15) is 9.59 Å². The summed E-state index contributed by atoms with van der Waals surface area (Å²) in [6, 6.07) is 14.9. The molecular weight excluding hydrogens is 478 g/mol. The molecule has 0 spiro atoms. The number of nitrogens with two attached hydrogens (primary N) is 1. The zero-order chi connectivity index (χ0) is 26.4. The summed E-state index contributed by atoms with van der Waals surface area (Å²) in [4.78, 5) is 39.6.